The van der Waals surface area contributed by atoms with Gasteiger partial charge in [0, 0.05) is 5.56 Å². The average Bonchev–Trinajstić information content (AvgIpc) is 2.46. The van der Waals surface area contributed by atoms with Crippen molar-refractivity contribution in [2.24, 2.45) is 0 Å². The second-order valence-electron chi connectivity index (χ2n) is 4.78. The van der Waals surface area contributed by atoms with Gasteiger partial charge in [0.05, 0.1) is 17.5 Å². The van der Waals surface area contributed by atoms with Crippen molar-refractivity contribution in [1.29, 1.82) is 0 Å². The normalized spacial score (nSPS) is 12.4. The molecular weight excluding hydrogens is 236 g/mol. The number of rotatable bonds is 5. The van der Waals surface area contributed by atoms with E-state index in [4.69, 9.17) is 0 Å². The fourth-order valence-corrected chi connectivity index (χ4v) is 2.20. The summed E-state index contributed by atoms with van der Waals surface area (Å²) >= 11 is 0. The van der Waals surface area contributed by atoms with Crippen LogP contribution in [0.1, 0.15) is 42.0 Å². The smallest absolute Gasteiger partial charge is 0.0812 e. The molecule has 1 heterocycles. The van der Waals surface area contributed by atoms with Crippen LogP contribution in [0.4, 0.5) is 0 Å². The molecule has 19 heavy (non-hydrogen) atoms. The van der Waals surface area contributed by atoms with Crippen LogP contribution in [0, 0.1) is 6.92 Å². The molecule has 3 nitrogen and oxygen atoms in total. The predicted octanol–water partition coefficient (Wildman–Crippen LogP) is 3.01. The van der Waals surface area contributed by atoms with Crippen LogP contribution in [0.3, 0.4) is 0 Å². The topological polar surface area (TPSA) is 46.0 Å². The fourth-order valence-electron chi connectivity index (χ4n) is 2.20. The molecule has 1 unspecified atom stereocenters. The molecule has 2 rings (SSSR count). The standard InChI is InChI=1S/C16H20N2O/c1-3-15-14(11-12(2)17-18-15)16(19)10-9-13-7-5-4-6-8-13/h4-8,11,16,19H,3,9-10H2,1-2H3. The fraction of sp³-hybridized carbons (Fsp3) is 0.375. The quantitative estimate of drug-likeness (QED) is 0.894. The van der Waals surface area contributed by atoms with Gasteiger partial charge in [0.1, 0.15) is 0 Å². The lowest BCUT2D eigenvalue weighted by Crippen LogP contribution is -2.07. The molecule has 2 aromatic rings. The molecule has 0 saturated carbocycles. The Morgan fingerprint density at radius 3 is 2.58 bits per heavy atom. The second kappa shape index (κ2) is 6.43. The molecule has 0 aliphatic heterocycles. The number of hydrogen-bond donors (Lipinski definition) is 1. The van der Waals surface area contributed by atoms with E-state index >= 15 is 0 Å². The third kappa shape index (κ3) is 3.61. The van der Waals surface area contributed by atoms with Crippen LogP contribution in [0.2, 0.25) is 0 Å². The van der Waals surface area contributed by atoms with Crippen LogP contribution in [0.15, 0.2) is 36.4 Å². The summed E-state index contributed by atoms with van der Waals surface area (Å²) in [7, 11) is 0. The van der Waals surface area contributed by atoms with Gasteiger partial charge >= 0.3 is 0 Å². The average molecular weight is 256 g/mol. The third-order valence-electron chi connectivity index (χ3n) is 3.27. The van der Waals surface area contributed by atoms with Gasteiger partial charge in [-0.2, -0.15) is 10.2 Å². The Balaban J connectivity index is 2.07. The van der Waals surface area contributed by atoms with Gasteiger partial charge < -0.3 is 5.11 Å². The molecule has 0 amide bonds. The van der Waals surface area contributed by atoms with E-state index in [1.165, 1.54) is 5.56 Å². The zero-order valence-electron chi connectivity index (χ0n) is 11.5. The Morgan fingerprint density at radius 1 is 1.16 bits per heavy atom. The van der Waals surface area contributed by atoms with Crippen LogP contribution in [-0.2, 0) is 12.8 Å². The van der Waals surface area contributed by atoms with Crippen LogP contribution >= 0.6 is 0 Å². The first-order valence-electron chi connectivity index (χ1n) is 6.75. The lowest BCUT2D eigenvalue weighted by molar-refractivity contribution is 0.166. The van der Waals surface area contributed by atoms with Crippen molar-refractivity contribution in [3.05, 3.63) is 58.9 Å². The molecule has 0 aliphatic rings. The number of hydrogen-bond acceptors (Lipinski definition) is 3. The Hall–Kier alpha value is -1.74. The summed E-state index contributed by atoms with van der Waals surface area (Å²) in [5.74, 6) is 0. The van der Waals surface area contributed by atoms with Gasteiger partial charge in [0.15, 0.2) is 0 Å². The number of nitrogens with zero attached hydrogens (tertiary/aromatic N) is 2. The number of aryl methyl sites for hydroxylation is 3. The Kier molecular flexibility index (Phi) is 4.63. The van der Waals surface area contributed by atoms with E-state index < -0.39 is 6.10 Å². The Labute approximate surface area is 114 Å². The lowest BCUT2D eigenvalue weighted by Gasteiger charge is -2.14. The highest BCUT2D eigenvalue weighted by atomic mass is 16.3. The van der Waals surface area contributed by atoms with Crippen LogP contribution < -0.4 is 0 Å². The number of benzene rings is 1. The summed E-state index contributed by atoms with van der Waals surface area (Å²) in [4.78, 5) is 0. The van der Waals surface area contributed by atoms with Gasteiger partial charge in [-0.05, 0) is 37.8 Å². The molecular formula is C16H20N2O. The predicted molar refractivity (Wildman–Crippen MR) is 75.9 cm³/mol. The zero-order valence-corrected chi connectivity index (χ0v) is 11.5. The second-order valence-corrected chi connectivity index (χ2v) is 4.78. The molecule has 1 atom stereocenters. The van der Waals surface area contributed by atoms with Crippen LogP contribution in [-0.4, -0.2) is 15.3 Å². The van der Waals surface area contributed by atoms with E-state index in [0.717, 1.165) is 29.8 Å². The van der Waals surface area contributed by atoms with Crippen molar-refractivity contribution in [2.75, 3.05) is 0 Å². The van der Waals surface area contributed by atoms with Gasteiger partial charge in [0.25, 0.3) is 0 Å². The van der Waals surface area contributed by atoms with Crippen molar-refractivity contribution >= 4 is 0 Å². The van der Waals surface area contributed by atoms with Gasteiger partial charge in [0.2, 0.25) is 0 Å². The third-order valence-corrected chi connectivity index (χ3v) is 3.27. The van der Waals surface area contributed by atoms with E-state index in [-0.39, 0.29) is 0 Å². The molecule has 0 fully saturated rings. The largest absolute Gasteiger partial charge is 0.388 e. The molecule has 0 aliphatic carbocycles. The molecule has 0 radical (unpaired) electrons. The van der Waals surface area contributed by atoms with Gasteiger partial charge in [-0.25, -0.2) is 0 Å². The first-order valence-corrected chi connectivity index (χ1v) is 6.75. The lowest BCUT2D eigenvalue weighted by atomic mass is 9.99. The molecule has 0 saturated heterocycles. The van der Waals surface area contributed by atoms with Crippen LogP contribution in [0.25, 0.3) is 0 Å². The van der Waals surface area contributed by atoms with Gasteiger partial charge in [-0.3, -0.25) is 0 Å². The minimum atomic E-state index is -0.468. The van der Waals surface area contributed by atoms with Crippen molar-refractivity contribution in [3.8, 4) is 0 Å². The summed E-state index contributed by atoms with van der Waals surface area (Å²) in [5, 5.41) is 18.6. The molecule has 1 aromatic carbocycles. The molecule has 1 N–H and O–H groups in total. The first-order chi connectivity index (χ1) is 9.20. The van der Waals surface area contributed by atoms with Crippen molar-refractivity contribution in [1.82, 2.24) is 10.2 Å². The summed E-state index contributed by atoms with van der Waals surface area (Å²) in [6.45, 7) is 3.94. The van der Waals surface area contributed by atoms with Crippen LogP contribution in [0.5, 0.6) is 0 Å². The van der Waals surface area contributed by atoms with Crippen molar-refractivity contribution < 1.29 is 5.11 Å². The highest BCUT2D eigenvalue weighted by Gasteiger charge is 2.13. The maximum absolute atomic E-state index is 10.4. The Bertz CT molecular complexity index is 526. The summed E-state index contributed by atoms with van der Waals surface area (Å²) < 4.78 is 0. The van der Waals surface area contributed by atoms with Gasteiger partial charge in [-0.1, -0.05) is 37.3 Å². The SMILES string of the molecule is CCc1nnc(C)cc1C(O)CCc1ccccc1. The zero-order chi connectivity index (χ0) is 13.7. The van der Waals surface area contributed by atoms with Crippen molar-refractivity contribution in [3.63, 3.8) is 0 Å². The minimum Gasteiger partial charge on any atom is -0.388 e. The summed E-state index contributed by atoms with van der Waals surface area (Å²) in [6, 6.07) is 12.2. The maximum atomic E-state index is 10.4. The first kappa shape index (κ1) is 13.7. The van der Waals surface area contributed by atoms with E-state index in [1.807, 2.05) is 38.1 Å². The van der Waals surface area contributed by atoms with Crippen molar-refractivity contribution in [2.45, 2.75) is 39.2 Å². The molecule has 3 heteroatoms. The number of aromatic nitrogens is 2. The highest BCUT2D eigenvalue weighted by Crippen LogP contribution is 2.22. The number of aliphatic hydroxyl groups excluding tert-OH is 1. The molecule has 1 aromatic heterocycles. The van der Waals surface area contributed by atoms with E-state index in [2.05, 4.69) is 22.3 Å². The van der Waals surface area contributed by atoms with Gasteiger partial charge in [-0.15, -0.1) is 0 Å². The summed E-state index contributed by atoms with van der Waals surface area (Å²) in [6.07, 6.45) is 1.91. The molecule has 0 bridgehead atoms. The van der Waals surface area contributed by atoms with E-state index in [9.17, 15) is 5.11 Å². The van der Waals surface area contributed by atoms with E-state index in [1.54, 1.807) is 0 Å². The summed E-state index contributed by atoms with van der Waals surface area (Å²) in [5.41, 5.74) is 3.92. The minimum absolute atomic E-state index is 0.468. The maximum Gasteiger partial charge on any atom is 0.0812 e. The number of aliphatic hydroxyl groups is 1. The monoisotopic (exact) mass is 256 g/mol. The Morgan fingerprint density at radius 2 is 1.89 bits per heavy atom. The molecule has 100 valence electrons. The van der Waals surface area contributed by atoms with E-state index in [0.29, 0.717) is 6.42 Å². The molecule has 0 spiro atoms. The highest BCUT2D eigenvalue weighted by molar-refractivity contribution is 5.24.